The molecule has 0 aromatic heterocycles. The molecule has 30 heavy (non-hydrogen) atoms. The van der Waals surface area contributed by atoms with Gasteiger partial charge >= 0.3 is 0 Å². The number of hydrogen-bond donors (Lipinski definition) is 0. The van der Waals surface area contributed by atoms with Crippen molar-refractivity contribution in [3.8, 4) is 0 Å². The van der Waals surface area contributed by atoms with Gasteiger partial charge < -0.3 is 9.80 Å². The Morgan fingerprint density at radius 2 is 1.77 bits per heavy atom. The van der Waals surface area contributed by atoms with Crippen molar-refractivity contribution >= 4 is 17.7 Å². The molecule has 2 aliphatic heterocycles. The predicted molar refractivity (Wildman–Crippen MR) is 112 cm³/mol. The van der Waals surface area contributed by atoms with Crippen LogP contribution in [-0.4, -0.2) is 72.7 Å². The molecule has 0 saturated carbocycles. The highest BCUT2D eigenvalue weighted by molar-refractivity contribution is 6.10. The van der Waals surface area contributed by atoms with Gasteiger partial charge in [-0.05, 0) is 44.6 Å². The summed E-state index contributed by atoms with van der Waals surface area (Å²) in [4.78, 5) is 44.5. The number of nitrogens with zero attached hydrogens (tertiary/aromatic N) is 3. The largest absolute Gasteiger partial charge is 0.343 e. The smallest absolute Gasteiger partial charge is 0.240 e. The first kappa shape index (κ1) is 22.4. The topological polar surface area (TPSA) is 60.9 Å². The zero-order valence-electron chi connectivity index (χ0n) is 18.0. The lowest BCUT2D eigenvalue weighted by atomic mass is 9.75. The fourth-order valence-electron chi connectivity index (χ4n) is 4.45. The Hall–Kier alpha value is -2.28. The van der Waals surface area contributed by atoms with Gasteiger partial charge in [0.25, 0.3) is 0 Å². The first-order chi connectivity index (χ1) is 14.3. The van der Waals surface area contributed by atoms with Crippen LogP contribution in [0.4, 0.5) is 4.39 Å². The van der Waals surface area contributed by atoms with E-state index in [0.717, 1.165) is 25.7 Å². The number of rotatable bonds is 6. The van der Waals surface area contributed by atoms with E-state index in [1.165, 1.54) is 29.5 Å². The van der Waals surface area contributed by atoms with Crippen molar-refractivity contribution in [2.75, 3.05) is 40.3 Å². The molecular weight excluding hydrogens is 385 g/mol. The summed E-state index contributed by atoms with van der Waals surface area (Å²) in [7, 11) is 3.74. The Morgan fingerprint density at radius 1 is 1.10 bits per heavy atom. The second kappa shape index (κ2) is 9.69. The maximum atomic E-state index is 14.0. The maximum absolute atomic E-state index is 14.0. The lowest BCUT2D eigenvalue weighted by Crippen LogP contribution is -2.45. The summed E-state index contributed by atoms with van der Waals surface area (Å²) in [6.07, 6.45) is 5.06. The van der Waals surface area contributed by atoms with Gasteiger partial charge in [0.05, 0.1) is 5.41 Å². The SMILES string of the molecule is CN(C)CCN1C(=O)C[C@@](CC(=O)N2CCCCCCC2)(c2cccc(F)c2)C1=O. The van der Waals surface area contributed by atoms with Crippen molar-refractivity contribution < 1.29 is 18.8 Å². The van der Waals surface area contributed by atoms with Crippen LogP contribution >= 0.6 is 0 Å². The third-order valence-electron chi connectivity index (χ3n) is 6.22. The number of imide groups is 1. The standard InChI is InChI=1S/C23H32FN3O3/c1-25(2)13-14-27-21(29)17-23(22(27)30,18-9-8-10-19(24)15-18)16-20(28)26-11-6-4-3-5-7-12-26/h8-10,15H,3-7,11-14,16-17H2,1-2H3/t23-/m0/s1. The van der Waals surface area contributed by atoms with E-state index in [9.17, 15) is 18.8 Å². The van der Waals surface area contributed by atoms with Crippen LogP contribution in [0.1, 0.15) is 50.5 Å². The molecule has 1 aromatic rings. The number of hydrogen-bond acceptors (Lipinski definition) is 4. The molecule has 1 aromatic carbocycles. The van der Waals surface area contributed by atoms with Gasteiger partial charge in [-0.2, -0.15) is 0 Å². The molecule has 7 heteroatoms. The number of halogens is 1. The molecule has 2 fully saturated rings. The van der Waals surface area contributed by atoms with Crippen LogP contribution < -0.4 is 0 Å². The van der Waals surface area contributed by atoms with Crippen LogP contribution in [-0.2, 0) is 19.8 Å². The van der Waals surface area contributed by atoms with E-state index in [0.29, 0.717) is 25.2 Å². The van der Waals surface area contributed by atoms with E-state index >= 15 is 0 Å². The van der Waals surface area contributed by atoms with Crippen molar-refractivity contribution in [1.29, 1.82) is 0 Å². The molecule has 6 nitrogen and oxygen atoms in total. The van der Waals surface area contributed by atoms with Crippen molar-refractivity contribution in [1.82, 2.24) is 14.7 Å². The third-order valence-corrected chi connectivity index (χ3v) is 6.22. The van der Waals surface area contributed by atoms with Gasteiger partial charge in [-0.3, -0.25) is 19.3 Å². The van der Waals surface area contributed by atoms with Crippen LogP contribution in [0.2, 0.25) is 0 Å². The van der Waals surface area contributed by atoms with Gasteiger partial charge in [0, 0.05) is 39.0 Å². The first-order valence-corrected chi connectivity index (χ1v) is 10.9. The lowest BCUT2D eigenvalue weighted by Gasteiger charge is -2.31. The Kier molecular flexibility index (Phi) is 7.23. The molecule has 0 N–H and O–H groups in total. The minimum atomic E-state index is -1.33. The number of carbonyl (C=O) groups excluding carboxylic acids is 3. The van der Waals surface area contributed by atoms with Gasteiger partial charge in [-0.15, -0.1) is 0 Å². The first-order valence-electron chi connectivity index (χ1n) is 10.9. The van der Waals surface area contributed by atoms with Gasteiger partial charge in [-0.25, -0.2) is 4.39 Å². The van der Waals surface area contributed by atoms with E-state index in [-0.39, 0.29) is 37.1 Å². The number of likely N-dealkylation sites (N-methyl/N-ethyl adjacent to an activating group) is 1. The minimum Gasteiger partial charge on any atom is -0.343 e. The fourth-order valence-corrected chi connectivity index (χ4v) is 4.45. The summed E-state index contributed by atoms with van der Waals surface area (Å²) in [5, 5.41) is 0. The van der Waals surface area contributed by atoms with Gasteiger partial charge in [0.1, 0.15) is 5.82 Å². The Morgan fingerprint density at radius 3 is 2.40 bits per heavy atom. The minimum absolute atomic E-state index is 0.0949. The number of carbonyl (C=O) groups is 3. The summed E-state index contributed by atoms with van der Waals surface area (Å²) in [6.45, 7) is 2.14. The number of benzene rings is 1. The summed E-state index contributed by atoms with van der Waals surface area (Å²) < 4.78 is 14.0. The van der Waals surface area contributed by atoms with E-state index in [1.807, 2.05) is 23.9 Å². The van der Waals surface area contributed by atoms with Gasteiger partial charge in [-0.1, -0.05) is 31.4 Å². The fraction of sp³-hybridized carbons (Fsp3) is 0.609. The zero-order valence-corrected chi connectivity index (χ0v) is 18.0. The Labute approximate surface area is 178 Å². The molecule has 2 aliphatic rings. The molecule has 0 unspecified atom stereocenters. The van der Waals surface area contributed by atoms with E-state index in [4.69, 9.17) is 0 Å². The molecular formula is C23H32FN3O3. The second-order valence-corrected chi connectivity index (χ2v) is 8.75. The van der Waals surface area contributed by atoms with Crippen molar-refractivity contribution in [3.63, 3.8) is 0 Å². The molecule has 0 radical (unpaired) electrons. The molecule has 0 aliphatic carbocycles. The van der Waals surface area contributed by atoms with Crippen LogP contribution in [0.5, 0.6) is 0 Å². The molecule has 0 bridgehead atoms. The van der Waals surface area contributed by atoms with Gasteiger partial charge in [0.2, 0.25) is 17.7 Å². The highest BCUT2D eigenvalue weighted by Gasteiger charge is 2.54. The summed E-state index contributed by atoms with van der Waals surface area (Å²) in [5.74, 6) is -1.29. The lowest BCUT2D eigenvalue weighted by molar-refractivity contribution is -0.143. The highest BCUT2D eigenvalue weighted by atomic mass is 19.1. The van der Waals surface area contributed by atoms with Crippen LogP contribution in [0, 0.1) is 5.82 Å². The maximum Gasteiger partial charge on any atom is 0.240 e. The molecule has 164 valence electrons. The average Bonchev–Trinajstić information content (AvgIpc) is 2.90. The molecule has 2 saturated heterocycles. The molecule has 2 heterocycles. The normalized spacial score (nSPS) is 23.1. The molecule has 0 spiro atoms. The summed E-state index contributed by atoms with van der Waals surface area (Å²) in [5.41, 5.74) is -0.918. The van der Waals surface area contributed by atoms with Crippen LogP contribution in [0.3, 0.4) is 0 Å². The predicted octanol–water partition coefficient (Wildman–Crippen LogP) is 2.57. The molecule has 3 rings (SSSR count). The van der Waals surface area contributed by atoms with E-state index < -0.39 is 11.2 Å². The van der Waals surface area contributed by atoms with E-state index in [2.05, 4.69) is 0 Å². The Bertz CT molecular complexity index is 790. The monoisotopic (exact) mass is 417 g/mol. The van der Waals surface area contributed by atoms with Crippen molar-refractivity contribution in [2.24, 2.45) is 0 Å². The van der Waals surface area contributed by atoms with Crippen molar-refractivity contribution in [3.05, 3.63) is 35.6 Å². The summed E-state index contributed by atoms with van der Waals surface area (Å²) >= 11 is 0. The van der Waals surface area contributed by atoms with E-state index in [1.54, 1.807) is 6.07 Å². The summed E-state index contributed by atoms with van der Waals surface area (Å²) in [6, 6.07) is 5.79. The molecule has 1 atom stereocenters. The average molecular weight is 418 g/mol. The van der Waals surface area contributed by atoms with Crippen LogP contribution in [0.25, 0.3) is 0 Å². The quantitative estimate of drug-likeness (QED) is 0.668. The number of likely N-dealkylation sites (tertiary alicyclic amines) is 2. The third kappa shape index (κ3) is 4.89. The highest BCUT2D eigenvalue weighted by Crippen LogP contribution is 2.40. The van der Waals surface area contributed by atoms with Crippen LogP contribution in [0.15, 0.2) is 24.3 Å². The van der Waals surface area contributed by atoms with Crippen molar-refractivity contribution in [2.45, 2.75) is 50.4 Å². The second-order valence-electron chi connectivity index (χ2n) is 8.75. The number of amides is 3. The zero-order chi connectivity index (χ0) is 21.7. The Balaban J connectivity index is 1.90. The van der Waals surface area contributed by atoms with Gasteiger partial charge in [0.15, 0.2) is 0 Å². The molecule has 3 amide bonds.